The van der Waals surface area contributed by atoms with Crippen molar-refractivity contribution in [1.29, 1.82) is 0 Å². The predicted molar refractivity (Wildman–Crippen MR) is 36.7 cm³/mol. The molecule has 0 N–H and O–H groups in total. The van der Waals surface area contributed by atoms with Gasteiger partial charge in [-0.1, -0.05) is 0 Å². The number of hydrogen-bond acceptors (Lipinski definition) is 4. The van der Waals surface area contributed by atoms with E-state index in [-0.39, 0.29) is 0 Å². The maximum Gasteiger partial charge on any atom is 0.184 e. The standard InChI is InChI=1S/C5H3N3S/c9-4-6-5-2-1-3-7-8-5/h1-3H. The van der Waals surface area contributed by atoms with E-state index in [1.165, 1.54) is 0 Å². The van der Waals surface area contributed by atoms with Crippen molar-refractivity contribution in [3.8, 4) is 0 Å². The van der Waals surface area contributed by atoms with E-state index in [4.69, 9.17) is 0 Å². The van der Waals surface area contributed by atoms with Crippen LogP contribution in [0, 0.1) is 0 Å². The minimum absolute atomic E-state index is 0.493. The highest BCUT2D eigenvalue weighted by molar-refractivity contribution is 7.78. The number of aromatic nitrogens is 2. The number of rotatable bonds is 1. The van der Waals surface area contributed by atoms with E-state index in [0.717, 1.165) is 0 Å². The Kier molecular flexibility index (Phi) is 2.01. The van der Waals surface area contributed by atoms with Crippen LogP contribution in [0.1, 0.15) is 0 Å². The Labute approximate surface area is 57.5 Å². The van der Waals surface area contributed by atoms with Gasteiger partial charge in [-0.15, -0.1) is 5.10 Å². The molecule has 0 amide bonds. The van der Waals surface area contributed by atoms with Gasteiger partial charge in [-0.2, -0.15) is 10.1 Å². The topological polar surface area (TPSA) is 38.1 Å². The third kappa shape index (κ3) is 1.68. The van der Waals surface area contributed by atoms with E-state index in [1.54, 1.807) is 18.3 Å². The predicted octanol–water partition coefficient (Wildman–Crippen LogP) is 1.21. The Morgan fingerprint density at radius 3 is 3.11 bits per heavy atom. The van der Waals surface area contributed by atoms with Gasteiger partial charge in [0, 0.05) is 6.20 Å². The van der Waals surface area contributed by atoms with E-state index in [9.17, 15) is 0 Å². The molecule has 3 nitrogen and oxygen atoms in total. The van der Waals surface area contributed by atoms with Crippen LogP contribution >= 0.6 is 12.2 Å². The van der Waals surface area contributed by atoms with Gasteiger partial charge in [0.1, 0.15) is 0 Å². The number of isothiocyanates is 1. The molecule has 0 saturated carbocycles. The summed E-state index contributed by atoms with van der Waals surface area (Å²) < 4.78 is 0. The molecule has 44 valence electrons. The molecule has 0 unspecified atom stereocenters. The molecule has 0 aromatic carbocycles. The fraction of sp³-hybridized carbons (Fsp3) is 0. The van der Waals surface area contributed by atoms with Gasteiger partial charge < -0.3 is 0 Å². The molecule has 4 heteroatoms. The first kappa shape index (κ1) is 6.01. The number of thiocarbonyl (C=S) groups is 1. The second kappa shape index (κ2) is 3.02. The first-order valence-electron chi connectivity index (χ1n) is 2.29. The van der Waals surface area contributed by atoms with Crippen molar-refractivity contribution in [2.75, 3.05) is 0 Å². The van der Waals surface area contributed by atoms with Crippen molar-refractivity contribution >= 4 is 23.2 Å². The molecular weight excluding hydrogens is 134 g/mol. The maximum atomic E-state index is 4.35. The van der Waals surface area contributed by atoms with Gasteiger partial charge in [0.15, 0.2) is 5.82 Å². The first-order chi connectivity index (χ1) is 4.43. The van der Waals surface area contributed by atoms with Crippen LogP contribution in [0.4, 0.5) is 5.82 Å². The van der Waals surface area contributed by atoms with Crippen molar-refractivity contribution in [3.63, 3.8) is 0 Å². The third-order valence-electron chi connectivity index (χ3n) is 0.718. The first-order valence-corrected chi connectivity index (χ1v) is 2.70. The van der Waals surface area contributed by atoms with Crippen LogP contribution in [0.15, 0.2) is 23.3 Å². The molecular formula is C5H3N3S. The fourth-order valence-corrected chi connectivity index (χ4v) is 0.493. The Balaban J connectivity index is 2.97. The average Bonchev–Trinajstić information content (AvgIpc) is 1.91. The zero-order valence-electron chi connectivity index (χ0n) is 4.48. The van der Waals surface area contributed by atoms with Crippen LogP contribution in [-0.2, 0) is 0 Å². The van der Waals surface area contributed by atoms with Crippen molar-refractivity contribution in [1.82, 2.24) is 10.2 Å². The summed E-state index contributed by atoms with van der Waals surface area (Å²) in [4.78, 5) is 3.60. The highest BCUT2D eigenvalue weighted by Gasteiger charge is 1.82. The minimum Gasteiger partial charge on any atom is -0.172 e. The summed E-state index contributed by atoms with van der Waals surface area (Å²) in [6, 6.07) is 3.44. The number of aliphatic imine (C=N–C) groups is 1. The summed E-state index contributed by atoms with van der Waals surface area (Å²) in [5, 5.41) is 9.39. The van der Waals surface area contributed by atoms with Crippen LogP contribution in [0.25, 0.3) is 0 Å². The molecule has 1 aromatic rings. The average molecular weight is 137 g/mol. The van der Waals surface area contributed by atoms with Crippen LogP contribution < -0.4 is 0 Å². The van der Waals surface area contributed by atoms with Crippen LogP contribution in [0.2, 0.25) is 0 Å². The zero-order chi connectivity index (χ0) is 6.53. The molecule has 0 aliphatic rings. The lowest BCUT2D eigenvalue weighted by molar-refractivity contribution is 1.03. The lowest BCUT2D eigenvalue weighted by Crippen LogP contribution is -1.75. The lowest BCUT2D eigenvalue weighted by Gasteiger charge is -1.81. The molecule has 0 radical (unpaired) electrons. The van der Waals surface area contributed by atoms with Crippen molar-refractivity contribution in [3.05, 3.63) is 18.3 Å². The van der Waals surface area contributed by atoms with Crippen LogP contribution in [-0.4, -0.2) is 15.4 Å². The molecule has 0 fully saturated rings. The lowest BCUT2D eigenvalue weighted by atomic mass is 10.5. The molecule has 0 atom stereocenters. The molecule has 1 heterocycles. The van der Waals surface area contributed by atoms with Gasteiger partial charge in [0.25, 0.3) is 0 Å². The second-order valence-electron chi connectivity index (χ2n) is 1.28. The van der Waals surface area contributed by atoms with Crippen LogP contribution in [0.5, 0.6) is 0 Å². The maximum absolute atomic E-state index is 4.35. The molecule has 1 aromatic heterocycles. The minimum atomic E-state index is 0.493. The van der Waals surface area contributed by atoms with Gasteiger partial charge in [-0.25, -0.2) is 0 Å². The summed E-state index contributed by atoms with van der Waals surface area (Å²) in [5.41, 5.74) is 0. The van der Waals surface area contributed by atoms with Crippen molar-refractivity contribution in [2.45, 2.75) is 0 Å². The Hall–Kier alpha value is -1.12. The van der Waals surface area contributed by atoms with E-state index in [1.807, 2.05) is 0 Å². The number of hydrogen-bond donors (Lipinski definition) is 0. The quantitative estimate of drug-likeness (QED) is 0.431. The van der Waals surface area contributed by atoms with Crippen molar-refractivity contribution < 1.29 is 0 Å². The monoisotopic (exact) mass is 137 g/mol. The van der Waals surface area contributed by atoms with Gasteiger partial charge in [-0.3, -0.25) is 0 Å². The van der Waals surface area contributed by atoms with E-state index >= 15 is 0 Å². The summed E-state index contributed by atoms with van der Waals surface area (Å²) >= 11 is 4.35. The third-order valence-corrected chi connectivity index (χ3v) is 0.810. The van der Waals surface area contributed by atoms with Gasteiger partial charge in [-0.05, 0) is 24.4 Å². The molecule has 0 aliphatic carbocycles. The highest BCUT2D eigenvalue weighted by Crippen LogP contribution is 1.99. The van der Waals surface area contributed by atoms with E-state index < -0.39 is 0 Å². The molecule has 0 bridgehead atoms. The van der Waals surface area contributed by atoms with Crippen LogP contribution in [0.3, 0.4) is 0 Å². The molecule has 0 spiro atoms. The highest BCUT2D eigenvalue weighted by atomic mass is 32.1. The Morgan fingerprint density at radius 2 is 2.56 bits per heavy atom. The zero-order valence-corrected chi connectivity index (χ0v) is 5.30. The van der Waals surface area contributed by atoms with Crippen molar-refractivity contribution in [2.24, 2.45) is 4.99 Å². The largest absolute Gasteiger partial charge is 0.184 e. The Morgan fingerprint density at radius 1 is 1.67 bits per heavy atom. The Bertz CT molecular complexity index is 227. The smallest absolute Gasteiger partial charge is 0.172 e. The molecule has 1 rings (SSSR count). The summed E-state index contributed by atoms with van der Waals surface area (Å²) in [6.45, 7) is 0. The molecule has 0 saturated heterocycles. The summed E-state index contributed by atoms with van der Waals surface area (Å²) in [5.74, 6) is 0.493. The molecule has 0 aliphatic heterocycles. The van der Waals surface area contributed by atoms with Gasteiger partial charge >= 0.3 is 0 Å². The van der Waals surface area contributed by atoms with Gasteiger partial charge in [0.2, 0.25) is 0 Å². The fourth-order valence-electron chi connectivity index (χ4n) is 0.400. The summed E-state index contributed by atoms with van der Waals surface area (Å²) in [7, 11) is 0. The van der Waals surface area contributed by atoms with E-state index in [0.29, 0.717) is 5.82 Å². The number of nitrogens with zero attached hydrogens (tertiary/aromatic N) is 3. The molecule has 9 heavy (non-hydrogen) atoms. The van der Waals surface area contributed by atoms with E-state index in [2.05, 4.69) is 32.6 Å². The normalized spacial score (nSPS) is 8.00. The SMILES string of the molecule is S=C=Nc1cccnn1. The van der Waals surface area contributed by atoms with Gasteiger partial charge in [0.05, 0.1) is 5.16 Å². The summed E-state index contributed by atoms with van der Waals surface area (Å²) in [6.07, 6.45) is 1.57. The second-order valence-corrected chi connectivity index (χ2v) is 1.47.